The third-order valence-electron chi connectivity index (χ3n) is 5.49. The number of carbonyl (C=O) groups is 1. The lowest BCUT2D eigenvalue weighted by Gasteiger charge is -2.31. The lowest BCUT2D eigenvalue weighted by Crippen LogP contribution is -2.45. The number of fused-ring (bicyclic) bond motifs is 1. The minimum atomic E-state index is -3.65. The van der Waals surface area contributed by atoms with Crippen LogP contribution in [0.2, 0.25) is 0 Å². The number of hydrogen-bond acceptors (Lipinski definition) is 4. The summed E-state index contributed by atoms with van der Waals surface area (Å²) >= 11 is 0. The summed E-state index contributed by atoms with van der Waals surface area (Å²) in [6, 6.07) is 10.7. The van der Waals surface area contributed by atoms with Crippen LogP contribution in [0.25, 0.3) is 10.9 Å². The van der Waals surface area contributed by atoms with Crippen molar-refractivity contribution in [3.63, 3.8) is 0 Å². The van der Waals surface area contributed by atoms with Crippen LogP contribution in [0, 0.1) is 5.92 Å². The Morgan fingerprint density at radius 2 is 2.14 bits per heavy atom. The van der Waals surface area contributed by atoms with Gasteiger partial charge in [-0.05, 0) is 56.2 Å². The summed E-state index contributed by atoms with van der Waals surface area (Å²) in [7, 11) is -3.65. The Morgan fingerprint density at radius 3 is 2.90 bits per heavy atom. The first-order chi connectivity index (χ1) is 14.0. The topological polar surface area (TPSA) is 84.5 Å². The summed E-state index contributed by atoms with van der Waals surface area (Å²) < 4.78 is 35.1. The molecule has 1 saturated heterocycles. The molecule has 4 rings (SSSR count). The molecular weight excluding hydrogens is 390 g/mol. The Morgan fingerprint density at radius 1 is 1.28 bits per heavy atom. The number of aryl methyl sites for hydroxylation is 1. The molecule has 0 radical (unpaired) electrons. The average Bonchev–Trinajstić information content (AvgIpc) is 3.41. The molecule has 0 unspecified atom stereocenters. The van der Waals surface area contributed by atoms with E-state index < -0.39 is 10.0 Å². The zero-order valence-corrected chi connectivity index (χ0v) is 17.2. The molecule has 1 aliphatic heterocycles. The van der Waals surface area contributed by atoms with Crippen LogP contribution in [0.5, 0.6) is 0 Å². The second-order valence-electron chi connectivity index (χ2n) is 7.32. The molecule has 154 valence electrons. The van der Waals surface area contributed by atoms with Gasteiger partial charge in [0.15, 0.2) is 0 Å². The summed E-state index contributed by atoms with van der Waals surface area (Å²) in [5.74, 6) is 0.168. The number of rotatable bonds is 6. The molecule has 1 N–H and O–H groups in total. The van der Waals surface area contributed by atoms with Gasteiger partial charge in [0.1, 0.15) is 5.76 Å². The van der Waals surface area contributed by atoms with Crippen LogP contribution in [0.1, 0.15) is 25.5 Å². The number of hydrogen-bond donors (Lipinski definition) is 1. The molecule has 8 heteroatoms. The summed E-state index contributed by atoms with van der Waals surface area (Å²) in [6.07, 6.45) is 4.85. The van der Waals surface area contributed by atoms with Gasteiger partial charge in [0.2, 0.25) is 15.9 Å². The van der Waals surface area contributed by atoms with Gasteiger partial charge in [-0.3, -0.25) is 4.79 Å². The Kier molecular flexibility index (Phi) is 5.47. The minimum Gasteiger partial charge on any atom is -0.467 e. The van der Waals surface area contributed by atoms with E-state index in [4.69, 9.17) is 4.42 Å². The SMILES string of the molecule is CCn1ccc2cc(S(=O)(=O)N3CCC[C@@H](C(=O)NCc4ccco4)C3)ccc21. The number of piperidine rings is 1. The molecule has 1 fully saturated rings. The van der Waals surface area contributed by atoms with Gasteiger partial charge in [-0.2, -0.15) is 4.31 Å². The lowest BCUT2D eigenvalue weighted by molar-refractivity contribution is -0.126. The number of furan rings is 1. The Bertz CT molecular complexity index is 1100. The van der Waals surface area contributed by atoms with Crippen molar-refractivity contribution in [1.82, 2.24) is 14.2 Å². The fourth-order valence-corrected chi connectivity index (χ4v) is 5.43. The third-order valence-corrected chi connectivity index (χ3v) is 7.35. The zero-order valence-electron chi connectivity index (χ0n) is 16.4. The van der Waals surface area contributed by atoms with Crippen molar-refractivity contribution in [3.05, 3.63) is 54.6 Å². The van der Waals surface area contributed by atoms with Gasteiger partial charge in [-0.25, -0.2) is 8.42 Å². The zero-order chi connectivity index (χ0) is 20.4. The molecule has 3 aromatic rings. The van der Waals surface area contributed by atoms with Crippen LogP contribution in [0.4, 0.5) is 0 Å². The number of amides is 1. The van der Waals surface area contributed by atoms with Crippen molar-refractivity contribution in [2.45, 2.75) is 37.8 Å². The highest BCUT2D eigenvalue weighted by molar-refractivity contribution is 7.89. The van der Waals surface area contributed by atoms with E-state index in [2.05, 4.69) is 16.8 Å². The van der Waals surface area contributed by atoms with Crippen molar-refractivity contribution in [3.8, 4) is 0 Å². The van der Waals surface area contributed by atoms with E-state index in [1.54, 1.807) is 30.5 Å². The van der Waals surface area contributed by atoms with Crippen LogP contribution >= 0.6 is 0 Å². The van der Waals surface area contributed by atoms with E-state index in [9.17, 15) is 13.2 Å². The van der Waals surface area contributed by atoms with Gasteiger partial charge >= 0.3 is 0 Å². The van der Waals surface area contributed by atoms with Crippen LogP contribution in [0.3, 0.4) is 0 Å². The number of aromatic nitrogens is 1. The monoisotopic (exact) mass is 415 g/mol. The smallest absolute Gasteiger partial charge is 0.243 e. The molecule has 0 aliphatic carbocycles. The summed E-state index contributed by atoms with van der Waals surface area (Å²) in [5, 5.41) is 3.74. The van der Waals surface area contributed by atoms with Crippen LogP contribution in [-0.2, 0) is 27.9 Å². The molecule has 1 amide bonds. The fourth-order valence-electron chi connectivity index (χ4n) is 3.87. The Labute approximate surface area is 170 Å². The molecule has 7 nitrogen and oxygen atoms in total. The maximum absolute atomic E-state index is 13.2. The van der Waals surface area contributed by atoms with Crippen LogP contribution < -0.4 is 5.32 Å². The van der Waals surface area contributed by atoms with E-state index in [0.717, 1.165) is 17.4 Å². The maximum atomic E-state index is 13.2. The van der Waals surface area contributed by atoms with Crippen molar-refractivity contribution >= 4 is 26.8 Å². The number of sulfonamides is 1. The van der Waals surface area contributed by atoms with Gasteiger partial charge < -0.3 is 14.3 Å². The molecule has 2 aromatic heterocycles. The van der Waals surface area contributed by atoms with E-state index in [0.29, 0.717) is 31.7 Å². The van der Waals surface area contributed by atoms with Gasteiger partial charge in [-0.15, -0.1) is 0 Å². The first-order valence-corrected chi connectivity index (χ1v) is 11.3. The predicted molar refractivity (Wildman–Crippen MR) is 110 cm³/mol. The van der Waals surface area contributed by atoms with E-state index in [-0.39, 0.29) is 23.3 Å². The van der Waals surface area contributed by atoms with Crippen LogP contribution in [-0.4, -0.2) is 36.3 Å². The Hall–Kier alpha value is -2.58. The average molecular weight is 416 g/mol. The van der Waals surface area contributed by atoms with Crippen LogP contribution in [0.15, 0.2) is 58.2 Å². The summed E-state index contributed by atoms with van der Waals surface area (Å²) in [4.78, 5) is 12.8. The fraction of sp³-hybridized carbons (Fsp3) is 0.381. The lowest BCUT2D eigenvalue weighted by atomic mass is 9.99. The van der Waals surface area contributed by atoms with Crippen molar-refractivity contribution in [2.75, 3.05) is 13.1 Å². The predicted octanol–water partition coefficient (Wildman–Crippen LogP) is 2.97. The highest BCUT2D eigenvalue weighted by Gasteiger charge is 2.33. The standard InChI is InChI=1S/C21H25N3O4S/c1-2-23-11-9-16-13-19(7-8-20(16)23)29(26,27)24-10-3-5-17(15-24)21(25)22-14-18-6-4-12-28-18/h4,6-9,11-13,17H,2-3,5,10,14-15H2,1H3,(H,22,25)/t17-/m1/s1. The quantitative estimate of drug-likeness (QED) is 0.671. The molecule has 1 aliphatic rings. The second-order valence-corrected chi connectivity index (χ2v) is 9.26. The van der Waals surface area contributed by atoms with Gasteiger partial charge in [-0.1, -0.05) is 0 Å². The molecule has 0 spiro atoms. The molecule has 1 atom stereocenters. The second kappa shape index (κ2) is 8.04. The molecular formula is C21H25N3O4S. The molecule has 1 aromatic carbocycles. The van der Waals surface area contributed by atoms with Crippen molar-refractivity contribution in [1.29, 1.82) is 0 Å². The minimum absolute atomic E-state index is 0.142. The first-order valence-electron chi connectivity index (χ1n) is 9.88. The van der Waals surface area contributed by atoms with E-state index in [1.807, 2.05) is 18.3 Å². The highest BCUT2D eigenvalue weighted by atomic mass is 32.2. The number of benzene rings is 1. The highest BCUT2D eigenvalue weighted by Crippen LogP contribution is 2.27. The normalized spacial score (nSPS) is 18.2. The van der Waals surface area contributed by atoms with Gasteiger partial charge in [0.05, 0.1) is 23.6 Å². The third kappa shape index (κ3) is 3.95. The van der Waals surface area contributed by atoms with Gasteiger partial charge in [0.25, 0.3) is 0 Å². The summed E-state index contributed by atoms with van der Waals surface area (Å²) in [5.41, 5.74) is 1.01. The number of nitrogens with zero attached hydrogens (tertiary/aromatic N) is 2. The molecule has 0 saturated carbocycles. The Balaban J connectivity index is 1.48. The van der Waals surface area contributed by atoms with E-state index >= 15 is 0 Å². The number of carbonyl (C=O) groups excluding carboxylic acids is 1. The first kappa shape index (κ1) is 19.7. The molecule has 3 heterocycles. The van der Waals surface area contributed by atoms with E-state index in [1.165, 1.54) is 4.31 Å². The van der Waals surface area contributed by atoms with Gasteiger partial charge in [0, 0.05) is 36.7 Å². The molecule has 0 bridgehead atoms. The maximum Gasteiger partial charge on any atom is 0.243 e. The summed E-state index contributed by atoms with van der Waals surface area (Å²) in [6.45, 7) is 3.81. The van der Waals surface area contributed by atoms with Crippen molar-refractivity contribution < 1.29 is 17.6 Å². The van der Waals surface area contributed by atoms with Crippen molar-refractivity contribution in [2.24, 2.45) is 5.92 Å². The molecule has 29 heavy (non-hydrogen) atoms. The number of nitrogens with one attached hydrogen (secondary N) is 1. The largest absolute Gasteiger partial charge is 0.467 e.